The van der Waals surface area contributed by atoms with Crippen molar-refractivity contribution in [3.05, 3.63) is 54.1 Å². The maximum Gasteiger partial charge on any atom is 0.407 e. The Labute approximate surface area is 146 Å². The Morgan fingerprint density at radius 2 is 2.08 bits per heavy atom. The third-order valence-electron chi connectivity index (χ3n) is 5.80. The molecule has 1 saturated carbocycles. The highest BCUT2D eigenvalue weighted by atomic mass is 19.2. The van der Waals surface area contributed by atoms with Gasteiger partial charge < -0.3 is 14.7 Å². The molecule has 0 aromatic heterocycles. The highest BCUT2D eigenvalue weighted by Crippen LogP contribution is 2.52. The van der Waals surface area contributed by atoms with Crippen molar-refractivity contribution in [1.29, 1.82) is 0 Å². The first-order valence-electron chi connectivity index (χ1n) is 8.79. The number of rotatable bonds is 3. The van der Waals surface area contributed by atoms with E-state index in [1.165, 1.54) is 11.0 Å². The topological polar surface area (TPSA) is 49.8 Å². The molecule has 3 unspecified atom stereocenters. The average Bonchev–Trinajstić information content (AvgIpc) is 3.09. The molecule has 2 fully saturated rings. The normalized spacial score (nSPS) is 34.0. The van der Waals surface area contributed by atoms with Crippen LogP contribution in [0.15, 0.2) is 48.6 Å². The molecule has 0 radical (unpaired) electrons. The van der Waals surface area contributed by atoms with E-state index in [0.717, 1.165) is 30.4 Å². The SMILES string of the molecule is O=C(O)N1CCC2(CCC2OC2(F)C=CC(c3ccccc3)=CC2)C1. The second kappa shape index (κ2) is 5.99. The molecule has 1 heterocycles. The molecule has 1 N–H and O–H groups in total. The van der Waals surface area contributed by atoms with Gasteiger partial charge in [0, 0.05) is 24.9 Å². The number of halogens is 1. The molecule has 1 aromatic rings. The van der Waals surface area contributed by atoms with Gasteiger partial charge in [-0.15, -0.1) is 0 Å². The summed E-state index contributed by atoms with van der Waals surface area (Å²) < 4.78 is 21.0. The summed E-state index contributed by atoms with van der Waals surface area (Å²) in [4.78, 5) is 12.6. The van der Waals surface area contributed by atoms with E-state index in [-0.39, 0.29) is 17.9 Å². The fourth-order valence-corrected chi connectivity index (χ4v) is 4.15. The predicted molar refractivity (Wildman–Crippen MR) is 92.8 cm³/mol. The number of carboxylic acid groups (broad SMARTS) is 1. The van der Waals surface area contributed by atoms with E-state index in [2.05, 4.69) is 0 Å². The van der Waals surface area contributed by atoms with Gasteiger partial charge in [-0.3, -0.25) is 0 Å². The van der Waals surface area contributed by atoms with E-state index < -0.39 is 11.9 Å². The molecular weight excluding hydrogens is 321 g/mol. The smallest absolute Gasteiger partial charge is 0.407 e. The van der Waals surface area contributed by atoms with E-state index in [1.807, 2.05) is 36.4 Å². The zero-order valence-corrected chi connectivity index (χ0v) is 14.0. The maximum absolute atomic E-state index is 15.1. The molecule has 1 aliphatic heterocycles. The number of likely N-dealkylation sites (tertiary alicyclic amines) is 1. The Morgan fingerprint density at radius 3 is 2.64 bits per heavy atom. The van der Waals surface area contributed by atoms with Gasteiger partial charge in [-0.05, 0) is 36.5 Å². The monoisotopic (exact) mass is 343 g/mol. The van der Waals surface area contributed by atoms with E-state index in [1.54, 1.807) is 6.08 Å². The average molecular weight is 343 g/mol. The summed E-state index contributed by atoms with van der Waals surface area (Å²) in [6.07, 6.45) is 6.70. The number of alkyl halides is 1. The van der Waals surface area contributed by atoms with Crippen LogP contribution >= 0.6 is 0 Å². The Balaban J connectivity index is 1.42. The second-order valence-corrected chi connectivity index (χ2v) is 7.31. The summed E-state index contributed by atoms with van der Waals surface area (Å²) in [6, 6.07) is 9.89. The van der Waals surface area contributed by atoms with Crippen molar-refractivity contribution in [2.45, 2.75) is 37.6 Å². The van der Waals surface area contributed by atoms with Gasteiger partial charge in [-0.2, -0.15) is 0 Å². The van der Waals surface area contributed by atoms with Crippen LogP contribution in [0.25, 0.3) is 5.57 Å². The molecule has 4 nitrogen and oxygen atoms in total. The van der Waals surface area contributed by atoms with Crippen LogP contribution in [-0.4, -0.2) is 41.1 Å². The van der Waals surface area contributed by atoms with E-state index in [0.29, 0.717) is 13.1 Å². The molecule has 1 spiro atoms. The van der Waals surface area contributed by atoms with Crippen molar-refractivity contribution in [3.8, 4) is 0 Å². The van der Waals surface area contributed by atoms with Crippen molar-refractivity contribution < 1.29 is 19.0 Å². The van der Waals surface area contributed by atoms with Gasteiger partial charge in [0.15, 0.2) is 0 Å². The minimum absolute atomic E-state index is 0.183. The van der Waals surface area contributed by atoms with Gasteiger partial charge in [0.2, 0.25) is 5.85 Å². The first-order valence-corrected chi connectivity index (χ1v) is 8.79. The number of hydrogen-bond acceptors (Lipinski definition) is 2. The number of hydrogen-bond donors (Lipinski definition) is 1. The molecule has 3 aliphatic rings. The number of amides is 1. The summed E-state index contributed by atoms with van der Waals surface area (Å²) in [5, 5.41) is 9.15. The number of ether oxygens (including phenoxy) is 1. The summed E-state index contributed by atoms with van der Waals surface area (Å²) in [5.41, 5.74) is 1.86. The lowest BCUT2D eigenvalue weighted by molar-refractivity contribution is -0.213. The second-order valence-electron chi connectivity index (χ2n) is 7.31. The molecule has 1 saturated heterocycles. The van der Waals surface area contributed by atoms with Crippen molar-refractivity contribution in [1.82, 2.24) is 4.90 Å². The first kappa shape index (κ1) is 16.3. The van der Waals surface area contributed by atoms with Crippen molar-refractivity contribution in [2.75, 3.05) is 13.1 Å². The van der Waals surface area contributed by atoms with Crippen LogP contribution in [0.4, 0.5) is 9.18 Å². The lowest BCUT2D eigenvalue weighted by atomic mass is 9.65. The largest absolute Gasteiger partial charge is 0.465 e. The van der Waals surface area contributed by atoms with Crippen molar-refractivity contribution >= 4 is 11.7 Å². The van der Waals surface area contributed by atoms with Crippen molar-refractivity contribution in [2.24, 2.45) is 5.41 Å². The standard InChI is InChI=1S/C20H22FNO3/c21-20(10-6-16(7-11-20)15-4-2-1-3-5-15)25-17-8-9-19(17)12-13-22(14-19)18(23)24/h1-7,10,17H,8-9,11-14H2,(H,23,24). The molecule has 25 heavy (non-hydrogen) atoms. The first-order chi connectivity index (χ1) is 12.0. The highest BCUT2D eigenvalue weighted by Gasteiger charge is 2.54. The van der Waals surface area contributed by atoms with Gasteiger partial charge in [0.25, 0.3) is 0 Å². The fraction of sp³-hybridized carbons (Fsp3) is 0.450. The minimum atomic E-state index is -1.80. The number of allylic oxidation sites excluding steroid dienone is 2. The van der Waals surface area contributed by atoms with Crippen LogP contribution in [0.3, 0.4) is 0 Å². The zero-order chi connectivity index (χ0) is 17.5. The molecule has 4 rings (SSSR count). The van der Waals surface area contributed by atoms with Gasteiger partial charge in [-0.25, -0.2) is 9.18 Å². The Bertz CT molecular complexity index is 732. The summed E-state index contributed by atoms with van der Waals surface area (Å²) in [5.74, 6) is -1.80. The number of benzene rings is 1. The van der Waals surface area contributed by atoms with Crippen LogP contribution in [0.2, 0.25) is 0 Å². The van der Waals surface area contributed by atoms with E-state index >= 15 is 4.39 Å². The predicted octanol–water partition coefficient (Wildman–Crippen LogP) is 4.24. The highest BCUT2D eigenvalue weighted by molar-refractivity contribution is 5.75. The molecule has 1 amide bonds. The van der Waals surface area contributed by atoms with Crippen LogP contribution in [-0.2, 0) is 4.74 Å². The molecule has 1 aromatic carbocycles. The fourth-order valence-electron chi connectivity index (χ4n) is 4.15. The molecule has 132 valence electrons. The molecule has 2 aliphatic carbocycles. The maximum atomic E-state index is 15.1. The quantitative estimate of drug-likeness (QED) is 0.893. The number of nitrogens with zero attached hydrogens (tertiary/aromatic N) is 1. The Morgan fingerprint density at radius 1 is 1.28 bits per heavy atom. The third kappa shape index (κ3) is 2.97. The Kier molecular flexibility index (Phi) is 3.91. The number of carbonyl (C=O) groups is 1. The molecule has 3 atom stereocenters. The van der Waals surface area contributed by atoms with Crippen LogP contribution in [0.1, 0.15) is 31.2 Å². The molecule has 5 heteroatoms. The van der Waals surface area contributed by atoms with Crippen LogP contribution in [0.5, 0.6) is 0 Å². The van der Waals surface area contributed by atoms with Gasteiger partial charge >= 0.3 is 6.09 Å². The zero-order valence-electron chi connectivity index (χ0n) is 14.0. The summed E-state index contributed by atoms with van der Waals surface area (Å²) in [7, 11) is 0. The van der Waals surface area contributed by atoms with Crippen LogP contribution in [0, 0.1) is 5.41 Å². The lowest BCUT2D eigenvalue weighted by Gasteiger charge is -2.48. The van der Waals surface area contributed by atoms with Gasteiger partial charge in [0.05, 0.1) is 6.10 Å². The van der Waals surface area contributed by atoms with E-state index in [4.69, 9.17) is 9.84 Å². The molecule has 0 bridgehead atoms. The van der Waals surface area contributed by atoms with E-state index in [9.17, 15) is 4.79 Å². The summed E-state index contributed by atoms with van der Waals surface area (Å²) >= 11 is 0. The van der Waals surface area contributed by atoms with Crippen LogP contribution < -0.4 is 0 Å². The molecular formula is C20H22FNO3. The van der Waals surface area contributed by atoms with Crippen molar-refractivity contribution in [3.63, 3.8) is 0 Å². The Hall–Kier alpha value is -2.14. The van der Waals surface area contributed by atoms with Gasteiger partial charge in [0.1, 0.15) is 0 Å². The summed E-state index contributed by atoms with van der Waals surface area (Å²) in [6.45, 7) is 0.972. The minimum Gasteiger partial charge on any atom is -0.465 e. The lowest BCUT2D eigenvalue weighted by Crippen LogP contribution is -2.51. The van der Waals surface area contributed by atoms with Gasteiger partial charge in [-0.1, -0.05) is 42.5 Å². The third-order valence-corrected chi connectivity index (χ3v) is 5.80.